The van der Waals surface area contributed by atoms with E-state index < -0.39 is 11.8 Å². The zero-order valence-corrected chi connectivity index (χ0v) is 12.8. The number of rotatable bonds is 4. The standard InChI is InChI=1S/C20H20F2/c1-4-17-10-11-19(14-16-8-6-15(3)7-9-16)20(21,22)13-12-18(17)5-2/h4-9,19H,1-2,10-11,14H2,3H3/b18-17-. The van der Waals surface area contributed by atoms with Crippen molar-refractivity contribution in [3.05, 3.63) is 71.8 Å². The highest BCUT2D eigenvalue weighted by molar-refractivity contribution is 5.46. The smallest absolute Gasteiger partial charge is 0.192 e. The van der Waals surface area contributed by atoms with E-state index in [0.29, 0.717) is 24.8 Å². The van der Waals surface area contributed by atoms with Crippen LogP contribution in [0.25, 0.3) is 0 Å². The van der Waals surface area contributed by atoms with Crippen molar-refractivity contribution in [3.63, 3.8) is 0 Å². The third kappa shape index (κ3) is 3.74. The molecular weight excluding hydrogens is 278 g/mol. The molecule has 0 saturated carbocycles. The van der Waals surface area contributed by atoms with Crippen LogP contribution in [0.15, 0.2) is 60.7 Å². The second kappa shape index (κ2) is 6.75. The van der Waals surface area contributed by atoms with Crippen LogP contribution in [0, 0.1) is 24.7 Å². The third-order valence-electron chi connectivity index (χ3n) is 4.04. The van der Waals surface area contributed by atoms with Gasteiger partial charge < -0.3 is 0 Å². The Labute approximate surface area is 131 Å². The molecule has 2 heteroatoms. The van der Waals surface area contributed by atoms with Gasteiger partial charge in [-0.2, -0.15) is 8.78 Å². The van der Waals surface area contributed by atoms with Gasteiger partial charge in [-0.15, -0.1) is 0 Å². The zero-order valence-electron chi connectivity index (χ0n) is 12.8. The van der Waals surface area contributed by atoms with E-state index in [2.05, 4.69) is 25.0 Å². The van der Waals surface area contributed by atoms with Gasteiger partial charge >= 0.3 is 5.92 Å². The molecule has 0 saturated heterocycles. The van der Waals surface area contributed by atoms with E-state index in [0.717, 1.165) is 16.7 Å². The van der Waals surface area contributed by atoms with Gasteiger partial charge in [0.15, 0.2) is 0 Å². The normalized spacial score (nSPS) is 23.7. The van der Waals surface area contributed by atoms with Crippen LogP contribution in [-0.4, -0.2) is 5.92 Å². The van der Waals surface area contributed by atoms with E-state index in [1.54, 1.807) is 6.08 Å². The van der Waals surface area contributed by atoms with Crippen molar-refractivity contribution in [3.8, 4) is 11.8 Å². The fourth-order valence-corrected chi connectivity index (χ4v) is 2.61. The van der Waals surface area contributed by atoms with Gasteiger partial charge in [0.25, 0.3) is 0 Å². The lowest BCUT2D eigenvalue weighted by Crippen LogP contribution is -2.29. The predicted molar refractivity (Wildman–Crippen MR) is 87.8 cm³/mol. The van der Waals surface area contributed by atoms with Crippen molar-refractivity contribution in [2.75, 3.05) is 0 Å². The fourth-order valence-electron chi connectivity index (χ4n) is 2.61. The van der Waals surface area contributed by atoms with Crippen LogP contribution in [0.5, 0.6) is 0 Å². The minimum Gasteiger partial charge on any atom is -0.192 e. The van der Waals surface area contributed by atoms with Crippen molar-refractivity contribution in [2.24, 2.45) is 5.92 Å². The number of halogens is 2. The molecule has 1 aliphatic carbocycles. The van der Waals surface area contributed by atoms with Crippen LogP contribution in [0.3, 0.4) is 0 Å². The van der Waals surface area contributed by atoms with Gasteiger partial charge in [0.2, 0.25) is 0 Å². The zero-order chi connectivity index (χ0) is 16.2. The van der Waals surface area contributed by atoms with Crippen LogP contribution in [-0.2, 0) is 6.42 Å². The van der Waals surface area contributed by atoms with Gasteiger partial charge in [0, 0.05) is 11.5 Å². The molecule has 114 valence electrons. The second-order valence-corrected chi connectivity index (χ2v) is 5.65. The molecule has 0 heterocycles. The molecule has 0 spiro atoms. The molecule has 22 heavy (non-hydrogen) atoms. The number of alkyl halides is 2. The van der Waals surface area contributed by atoms with E-state index in [4.69, 9.17) is 0 Å². The molecule has 1 unspecified atom stereocenters. The highest BCUT2D eigenvalue weighted by atomic mass is 19.3. The summed E-state index contributed by atoms with van der Waals surface area (Å²) in [6, 6.07) is 7.73. The summed E-state index contributed by atoms with van der Waals surface area (Å²) in [6.07, 6.45) is 4.48. The Morgan fingerprint density at radius 2 is 1.91 bits per heavy atom. The van der Waals surface area contributed by atoms with Gasteiger partial charge in [-0.3, -0.25) is 0 Å². The highest BCUT2D eigenvalue weighted by Gasteiger charge is 2.38. The first-order chi connectivity index (χ1) is 10.5. The van der Waals surface area contributed by atoms with Gasteiger partial charge in [-0.25, -0.2) is 0 Å². The number of aryl methyl sites for hydroxylation is 1. The molecule has 0 nitrogen and oxygen atoms in total. The minimum absolute atomic E-state index is 0.329. The quantitative estimate of drug-likeness (QED) is 0.666. The number of allylic oxidation sites excluding steroid dienone is 4. The molecule has 0 amide bonds. The number of benzene rings is 1. The van der Waals surface area contributed by atoms with E-state index >= 15 is 0 Å². The van der Waals surface area contributed by atoms with Crippen LogP contribution >= 0.6 is 0 Å². The first kappa shape index (κ1) is 16.2. The minimum atomic E-state index is -2.99. The number of hydrogen-bond donors (Lipinski definition) is 0. The van der Waals surface area contributed by atoms with Crippen LogP contribution in [0.1, 0.15) is 24.0 Å². The maximum Gasteiger partial charge on any atom is 0.311 e. The lowest BCUT2D eigenvalue weighted by atomic mass is 9.85. The Hall–Kier alpha value is -2.14. The third-order valence-corrected chi connectivity index (χ3v) is 4.04. The average Bonchev–Trinajstić information content (AvgIpc) is 2.49. The summed E-state index contributed by atoms with van der Waals surface area (Å²) in [4.78, 5) is 0. The van der Waals surface area contributed by atoms with Gasteiger partial charge in [-0.05, 0) is 43.2 Å². The van der Waals surface area contributed by atoms with Crippen LogP contribution < -0.4 is 0 Å². The summed E-state index contributed by atoms with van der Waals surface area (Å²) < 4.78 is 28.7. The maximum absolute atomic E-state index is 14.4. The Kier molecular flexibility index (Phi) is 4.98. The summed E-state index contributed by atoms with van der Waals surface area (Å²) in [7, 11) is 0. The second-order valence-electron chi connectivity index (χ2n) is 5.65. The first-order valence-electron chi connectivity index (χ1n) is 7.41. The fraction of sp³-hybridized carbons (Fsp3) is 0.300. The molecule has 1 aromatic carbocycles. The van der Waals surface area contributed by atoms with Crippen LogP contribution in [0.4, 0.5) is 8.78 Å². The van der Waals surface area contributed by atoms with Gasteiger partial charge in [0.1, 0.15) is 0 Å². The maximum atomic E-state index is 14.4. The summed E-state index contributed by atoms with van der Waals surface area (Å²) in [6.45, 7) is 9.38. The van der Waals surface area contributed by atoms with E-state index in [9.17, 15) is 8.78 Å². The number of hydrogen-bond acceptors (Lipinski definition) is 0. The molecule has 2 rings (SSSR count). The Morgan fingerprint density at radius 1 is 1.23 bits per heavy atom. The largest absolute Gasteiger partial charge is 0.311 e. The Bertz CT molecular complexity index is 651. The summed E-state index contributed by atoms with van der Waals surface area (Å²) in [5.74, 6) is 0.943. The summed E-state index contributed by atoms with van der Waals surface area (Å²) >= 11 is 0. The molecule has 1 aromatic rings. The summed E-state index contributed by atoms with van der Waals surface area (Å²) in [5, 5.41) is 0. The molecule has 0 fully saturated rings. The van der Waals surface area contributed by atoms with E-state index in [1.165, 1.54) is 6.08 Å². The molecule has 0 bridgehead atoms. The molecule has 0 aromatic heterocycles. The molecule has 0 aliphatic heterocycles. The molecule has 1 aliphatic rings. The molecule has 0 radical (unpaired) electrons. The van der Waals surface area contributed by atoms with Crippen molar-refractivity contribution < 1.29 is 8.78 Å². The Morgan fingerprint density at radius 3 is 2.50 bits per heavy atom. The van der Waals surface area contributed by atoms with Crippen molar-refractivity contribution in [2.45, 2.75) is 32.1 Å². The molecule has 0 N–H and O–H groups in total. The molecular formula is C20H20F2. The first-order valence-corrected chi connectivity index (χ1v) is 7.41. The van der Waals surface area contributed by atoms with Crippen molar-refractivity contribution in [1.29, 1.82) is 0 Å². The van der Waals surface area contributed by atoms with E-state index in [-0.39, 0.29) is 0 Å². The molecule has 1 atom stereocenters. The topological polar surface area (TPSA) is 0 Å². The van der Waals surface area contributed by atoms with Gasteiger partial charge in [0.05, 0.1) is 0 Å². The van der Waals surface area contributed by atoms with Crippen LogP contribution in [0.2, 0.25) is 0 Å². The lowest BCUT2D eigenvalue weighted by molar-refractivity contribution is -0.00262. The monoisotopic (exact) mass is 298 g/mol. The summed E-state index contributed by atoms with van der Waals surface area (Å²) in [5.41, 5.74) is 3.50. The van der Waals surface area contributed by atoms with Crippen molar-refractivity contribution >= 4 is 0 Å². The van der Waals surface area contributed by atoms with Crippen molar-refractivity contribution in [1.82, 2.24) is 0 Å². The van der Waals surface area contributed by atoms with Gasteiger partial charge in [-0.1, -0.05) is 61.1 Å². The Balaban J connectivity index is 2.27. The lowest BCUT2D eigenvalue weighted by Gasteiger charge is -2.24. The average molecular weight is 298 g/mol. The predicted octanol–water partition coefficient (Wildman–Crippen LogP) is 5.25. The SMILES string of the molecule is C=C/C1=C(\C=C)CCC(Cc2ccc(C)cc2)C(F)(F)C#C1. The highest BCUT2D eigenvalue weighted by Crippen LogP contribution is 2.34. The van der Waals surface area contributed by atoms with E-state index in [1.807, 2.05) is 31.2 Å².